The van der Waals surface area contributed by atoms with E-state index in [1.54, 1.807) is 36.0 Å². The van der Waals surface area contributed by atoms with Crippen molar-refractivity contribution < 1.29 is 13.5 Å². The van der Waals surface area contributed by atoms with E-state index in [1.807, 2.05) is 13.0 Å². The summed E-state index contributed by atoms with van der Waals surface area (Å²) >= 11 is 0. The van der Waals surface area contributed by atoms with Crippen molar-refractivity contribution in [2.45, 2.75) is 32.6 Å². The van der Waals surface area contributed by atoms with Gasteiger partial charge in [-0.15, -0.1) is 10.2 Å². The largest absolute Gasteiger partial charge is 0.423 e. The van der Waals surface area contributed by atoms with Gasteiger partial charge in [-0.2, -0.15) is 5.10 Å². The molecule has 1 fully saturated rings. The van der Waals surface area contributed by atoms with Crippen LogP contribution in [0.2, 0.25) is 0 Å². The van der Waals surface area contributed by atoms with Crippen LogP contribution in [0.5, 0.6) is 0 Å². The highest BCUT2D eigenvalue weighted by molar-refractivity contribution is 5.32. The molecule has 0 spiro atoms. The van der Waals surface area contributed by atoms with Crippen LogP contribution in [0.4, 0.5) is 4.39 Å². The van der Waals surface area contributed by atoms with Gasteiger partial charge < -0.3 is 9.15 Å². The molecule has 0 bridgehead atoms. The van der Waals surface area contributed by atoms with Gasteiger partial charge in [0.2, 0.25) is 11.8 Å². The summed E-state index contributed by atoms with van der Waals surface area (Å²) in [5.74, 6) is 0.724. The van der Waals surface area contributed by atoms with Crippen molar-refractivity contribution in [1.29, 1.82) is 0 Å². The average molecular weight is 357 g/mol. The normalized spacial score (nSPS) is 21.2. The molecule has 1 aliphatic heterocycles. The zero-order valence-corrected chi connectivity index (χ0v) is 14.7. The van der Waals surface area contributed by atoms with Gasteiger partial charge in [-0.05, 0) is 25.1 Å². The first kappa shape index (κ1) is 16.9. The van der Waals surface area contributed by atoms with Crippen molar-refractivity contribution >= 4 is 0 Å². The molecule has 3 aromatic rings. The minimum atomic E-state index is -0.297. The maximum atomic E-state index is 13.9. The van der Waals surface area contributed by atoms with Gasteiger partial charge in [0.1, 0.15) is 17.6 Å². The predicted molar refractivity (Wildman–Crippen MR) is 91.1 cm³/mol. The highest BCUT2D eigenvalue weighted by Crippen LogP contribution is 2.25. The summed E-state index contributed by atoms with van der Waals surface area (Å²) in [5.41, 5.74) is 1.30. The number of aryl methyl sites for hydroxylation is 1. The van der Waals surface area contributed by atoms with E-state index in [9.17, 15) is 4.39 Å². The second kappa shape index (κ2) is 6.97. The van der Waals surface area contributed by atoms with Crippen LogP contribution in [0.1, 0.15) is 30.5 Å². The Morgan fingerprint density at radius 3 is 2.81 bits per heavy atom. The van der Waals surface area contributed by atoms with Gasteiger partial charge in [0.25, 0.3) is 0 Å². The van der Waals surface area contributed by atoms with E-state index in [1.165, 1.54) is 6.07 Å². The first-order chi connectivity index (χ1) is 12.6. The molecule has 0 radical (unpaired) electrons. The van der Waals surface area contributed by atoms with Crippen LogP contribution >= 0.6 is 0 Å². The van der Waals surface area contributed by atoms with Crippen LogP contribution in [0, 0.1) is 12.7 Å². The Hall–Kier alpha value is -2.58. The number of ether oxygens (including phenoxy) is 1. The third kappa shape index (κ3) is 3.51. The predicted octanol–water partition coefficient (Wildman–Crippen LogP) is 2.66. The van der Waals surface area contributed by atoms with Crippen LogP contribution in [-0.2, 0) is 11.3 Å². The van der Waals surface area contributed by atoms with Crippen LogP contribution in [-0.4, -0.2) is 44.1 Å². The number of aromatic nitrogens is 4. The summed E-state index contributed by atoms with van der Waals surface area (Å²) in [7, 11) is 0. The average Bonchev–Trinajstić information content (AvgIpc) is 3.24. The molecule has 1 aliphatic rings. The second-order valence-electron chi connectivity index (χ2n) is 6.49. The van der Waals surface area contributed by atoms with Crippen molar-refractivity contribution in [3.63, 3.8) is 0 Å². The van der Waals surface area contributed by atoms with Crippen molar-refractivity contribution in [2.24, 2.45) is 0 Å². The summed E-state index contributed by atoms with van der Waals surface area (Å²) in [4.78, 5) is 2.23. The number of nitrogens with zero attached hydrogens (tertiary/aromatic N) is 5. The lowest BCUT2D eigenvalue weighted by atomic mass is 10.2. The van der Waals surface area contributed by atoms with Crippen molar-refractivity contribution in [2.75, 3.05) is 13.1 Å². The lowest BCUT2D eigenvalue weighted by Gasteiger charge is -2.34. The first-order valence-electron chi connectivity index (χ1n) is 8.56. The highest BCUT2D eigenvalue weighted by Gasteiger charge is 2.30. The molecular formula is C18H20FN5O2. The topological polar surface area (TPSA) is 69.2 Å². The van der Waals surface area contributed by atoms with E-state index in [0.29, 0.717) is 30.6 Å². The van der Waals surface area contributed by atoms with Gasteiger partial charge in [-0.25, -0.2) is 9.07 Å². The van der Waals surface area contributed by atoms with Crippen LogP contribution in [0.15, 0.2) is 40.9 Å². The Morgan fingerprint density at radius 2 is 2.04 bits per heavy atom. The molecular weight excluding hydrogens is 337 g/mol. The zero-order valence-electron chi connectivity index (χ0n) is 14.7. The number of benzene rings is 1. The molecule has 0 aliphatic carbocycles. The van der Waals surface area contributed by atoms with E-state index in [4.69, 9.17) is 9.15 Å². The minimum Gasteiger partial charge on any atom is -0.423 e. The summed E-state index contributed by atoms with van der Waals surface area (Å²) in [6.07, 6.45) is 1.56. The van der Waals surface area contributed by atoms with Gasteiger partial charge in [-0.3, -0.25) is 4.90 Å². The smallest absolute Gasteiger partial charge is 0.246 e. The number of morpholine rings is 1. The van der Waals surface area contributed by atoms with Crippen LogP contribution in [0.3, 0.4) is 0 Å². The molecule has 26 heavy (non-hydrogen) atoms. The lowest BCUT2D eigenvalue weighted by molar-refractivity contribution is -0.0920. The Kier molecular flexibility index (Phi) is 4.52. The van der Waals surface area contributed by atoms with Gasteiger partial charge >= 0.3 is 0 Å². The van der Waals surface area contributed by atoms with E-state index in [2.05, 4.69) is 20.2 Å². The SMILES string of the molecule is Cc1nnc([C@H]2CN(Cc3ccn(-c4ccccc4F)n3)C[C@@H](C)O2)o1. The summed E-state index contributed by atoms with van der Waals surface area (Å²) in [6, 6.07) is 8.49. The number of para-hydroxylation sites is 1. The number of halogens is 1. The zero-order chi connectivity index (χ0) is 18.1. The van der Waals surface area contributed by atoms with E-state index >= 15 is 0 Å². The molecule has 3 heterocycles. The lowest BCUT2D eigenvalue weighted by Crippen LogP contribution is -2.42. The molecule has 2 atom stereocenters. The Bertz CT molecular complexity index is 893. The molecule has 0 unspecified atom stereocenters. The van der Waals surface area contributed by atoms with E-state index in [-0.39, 0.29) is 18.0 Å². The quantitative estimate of drug-likeness (QED) is 0.715. The maximum absolute atomic E-state index is 13.9. The first-order valence-corrected chi connectivity index (χ1v) is 8.56. The van der Waals surface area contributed by atoms with Crippen molar-refractivity contribution in [1.82, 2.24) is 24.9 Å². The fourth-order valence-corrected chi connectivity index (χ4v) is 3.19. The fourth-order valence-electron chi connectivity index (χ4n) is 3.19. The van der Waals surface area contributed by atoms with Gasteiger partial charge in [0, 0.05) is 32.8 Å². The highest BCUT2D eigenvalue weighted by atomic mass is 19.1. The van der Waals surface area contributed by atoms with Crippen LogP contribution in [0.25, 0.3) is 5.69 Å². The number of hydrogen-bond donors (Lipinski definition) is 0. The molecule has 7 nitrogen and oxygen atoms in total. The number of hydrogen-bond acceptors (Lipinski definition) is 6. The third-order valence-electron chi connectivity index (χ3n) is 4.28. The maximum Gasteiger partial charge on any atom is 0.246 e. The van der Waals surface area contributed by atoms with Crippen molar-refractivity contribution in [3.8, 4) is 5.69 Å². The Balaban J connectivity index is 1.48. The Morgan fingerprint density at radius 1 is 1.19 bits per heavy atom. The molecule has 0 N–H and O–H groups in total. The number of rotatable bonds is 4. The van der Waals surface area contributed by atoms with E-state index < -0.39 is 0 Å². The monoisotopic (exact) mass is 357 g/mol. The van der Waals surface area contributed by atoms with Crippen molar-refractivity contribution in [3.05, 3.63) is 59.8 Å². The van der Waals surface area contributed by atoms with Gasteiger partial charge in [-0.1, -0.05) is 12.1 Å². The minimum absolute atomic E-state index is 0.0367. The Labute approximate surface area is 150 Å². The summed E-state index contributed by atoms with van der Waals surface area (Å²) < 4.78 is 26.9. The molecule has 2 aromatic heterocycles. The second-order valence-corrected chi connectivity index (χ2v) is 6.49. The molecule has 0 saturated carbocycles. The molecule has 0 amide bonds. The molecule has 4 rings (SSSR count). The van der Waals surface area contributed by atoms with Gasteiger partial charge in [0.15, 0.2) is 0 Å². The molecule has 8 heteroatoms. The summed E-state index contributed by atoms with van der Waals surface area (Å²) in [5, 5.41) is 12.4. The third-order valence-corrected chi connectivity index (χ3v) is 4.28. The van der Waals surface area contributed by atoms with Crippen LogP contribution < -0.4 is 0 Å². The summed E-state index contributed by atoms with van der Waals surface area (Å²) in [6.45, 7) is 5.82. The van der Waals surface area contributed by atoms with Gasteiger partial charge in [0.05, 0.1) is 11.8 Å². The van der Waals surface area contributed by atoms with E-state index in [0.717, 1.165) is 12.2 Å². The fraction of sp³-hybridized carbons (Fsp3) is 0.389. The molecule has 136 valence electrons. The standard InChI is InChI=1S/C18H20FN5O2/c1-12-9-23(11-17(25-12)18-21-20-13(2)26-18)10-14-7-8-24(22-14)16-6-4-3-5-15(16)19/h3-8,12,17H,9-11H2,1-2H3/t12-,17-/m1/s1. The molecule has 1 aromatic carbocycles. The molecule has 1 saturated heterocycles.